The van der Waals surface area contributed by atoms with E-state index in [0.717, 1.165) is 5.56 Å². The number of carbonyl (C=O) groups is 3. The van der Waals surface area contributed by atoms with Gasteiger partial charge >= 0.3 is 6.61 Å². The fourth-order valence-corrected chi connectivity index (χ4v) is 3.53. The number of carbonyl (C=O) groups excluding carboxylic acids is 3. The average Bonchev–Trinajstić information content (AvgIpc) is 2.83. The van der Waals surface area contributed by atoms with Crippen molar-refractivity contribution in [1.82, 2.24) is 15.2 Å². The lowest BCUT2D eigenvalue weighted by Gasteiger charge is -2.31. The lowest BCUT2D eigenvalue weighted by Crippen LogP contribution is -2.45. The third-order valence-electron chi connectivity index (χ3n) is 5.42. The van der Waals surface area contributed by atoms with Crippen LogP contribution in [-0.4, -0.2) is 61.0 Å². The van der Waals surface area contributed by atoms with Crippen molar-refractivity contribution in [2.45, 2.75) is 26.4 Å². The molecule has 2 heterocycles. The van der Waals surface area contributed by atoms with Crippen LogP contribution in [0.1, 0.15) is 28.8 Å². The van der Waals surface area contributed by atoms with Gasteiger partial charge in [-0.15, -0.1) is 0 Å². The monoisotopic (exact) mass is 476 g/mol. The average molecular weight is 476 g/mol. The molecule has 182 valence electrons. The number of aryl methyl sites for hydroxylation is 1. The minimum atomic E-state index is -3.03. The number of benzene rings is 1. The summed E-state index contributed by atoms with van der Waals surface area (Å²) in [5.41, 5.74) is 1.13. The summed E-state index contributed by atoms with van der Waals surface area (Å²) in [6.45, 7) is -0.573. The number of hydrogen-bond donors (Lipinski definition) is 2. The Morgan fingerprint density at radius 1 is 1.15 bits per heavy atom. The standard InChI is InChI=1S/C23H26F2N4O5/c1-14-3-6-19(26-12-14)28-22(32)15-7-9-29(10-8-15)20(30)13-27-21(31)16-4-5-17(34-23(24)25)18(11-16)33-2/h3-6,11-12,15,23H,7-10,13H2,1-2H3,(H,27,31)(H,26,28,32). The minimum Gasteiger partial charge on any atom is -0.493 e. The Kier molecular flexibility index (Phi) is 8.34. The predicted molar refractivity (Wildman–Crippen MR) is 119 cm³/mol. The number of nitrogens with zero attached hydrogens (tertiary/aromatic N) is 2. The number of ether oxygens (including phenoxy) is 2. The van der Waals surface area contributed by atoms with Gasteiger partial charge in [0.2, 0.25) is 11.8 Å². The van der Waals surface area contributed by atoms with Crippen LogP contribution < -0.4 is 20.1 Å². The second-order valence-electron chi connectivity index (χ2n) is 7.79. The Hall–Kier alpha value is -3.76. The van der Waals surface area contributed by atoms with E-state index in [1.165, 1.54) is 25.3 Å². The molecule has 0 saturated carbocycles. The first-order valence-corrected chi connectivity index (χ1v) is 10.7. The maximum absolute atomic E-state index is 12.5. The molecule has 1 fully saturated rings. The van der Waals surface area contributed by atoms with Crippen molar-refractivity contribution >= 4 is 23.5 Å². The summed E-state index contributed by atoms with van der Waals surface area (Å²) in [5.74, 6) is -0.946. The van der Waals surface area contributed by atoms with E-state index in [1.807, 2.05) is 13.0 Å². The Morgan fingerprint density at radius 2 is 1.88 bits per heavy atom. The molecule has 1 aliphatic rings. The van der Waals surface area contributed by atoms with Gasteiger partial charge in [0.05, 0.1) is 13.7 Å². The number of alkyl halides is 2. The number of pyridine rings is 1. The molecule has 11 heteroatoms. The molecular weight excluding hydrogens is 450 g/mol. The van der Waals surface area contributed by atoms with Crippen molar-refractivity contribution in [3.63, 3.8) is 0 Å². The van der Waals surface area contributed by atoms with Gasteiger partial charge in [-0.2, -0.15) is 8.78 Å². The van der Waals surface area contributed by atoms with E-state index < -0.39 is 12.5 Å². The van der Waals surface area contributed by atoms with E-state index in [4.69, 9.17) is 4.74 Å². The fourth-order valence-electron chi connectivity index (χ4n) is 3.53. The van der Waals surface area contributed by atoms with Crippen LogP contribution in [0.5, 0.6) is 11.5 Å². The number of amides is 3. The van der Waals surface area contributed by atoms with Crippen LogP contribution in [0.25, 0.3) is 0 Å². The first-order chi connectivity index (χ1) is 16.3. The molecule has 1 aromatic carbocycles. The number of rotatable bonds is 8. The van der Waals surface area contributed by atoms with Gasteiger partial charge in [0.15, 0.2) is 11.5 Å². The normalized spacial score (nSPS) is 14.0. The zero-order valence-corrected chi connectivity index (χ0v) is 18.8. The van der Waals surface area contributed by atoms with Crippen molar-refractivity contribution in [3.05, 3.63) is 47.7 Å². The molecule has 3 rings (SSSR count). The summed E-state index contributed by atoms with van der Waals surface area (Å²) in [5, 5.41) is 5.31. The third kappa shape index (κ3) is 6.63. The summed E-state index contributed by atoms with van der Waals surface area (Å²) < 4.78 is 34.2. The smallest absolute Gasteiger partial charge is 0.387 e. The van der Waals surface area contributed by atoms with Crippen LogP contribution in [0.15, 0.2) is 36.5 Å². The van der Waals surface area contributed by atoms with Gasteiger partial charge in [0.25, 0.3) is 5.91 Å². The molecule has 0 bridgehead atoms. The van der Waals surface area contributed by atoms with Crippen LogP contribution in [0.3, 0.4) is 0 Å². The van der Waals surface area contributed by atoms with E-state index in [1.54, 1.807) is 17.2 Å². The number of anilines is 1. The number of methoxy groups -OCH3 is 1. The highest BCUT2D eigenvalue weighted by molar-refractivity contribution is 5.97. The van der Waals surface area contributed by atoms with Crippen molar-refractivity contribution in [1.29, 1.82) is 0 Å². The lowest BCUT2D eigenvalue weighted by molar-refractivity contribution is -0.133. The van der Waals surface area contributed by atoms with E-state index in [9.17, 15) is 23.2 Å². The summed E-state index contributed by atoms with van der Waals surface area (Å²) in [7, 11) is 1.26. The molecule has 1 aliphatic heterocycles. The maximum atomic E-state index is 12.5. The SMILES string of the molecule is COc1cc(C(=O)NCC(=O)N2CCC(C(=O)Nc3ccc(C)cn3)CC2)ccc1OC(F)F. The number of halogens is 2. The van der Waals surface area contributed by atoms with Crippen LogP contribution in [-0.2, 0) is 9.59 Å². The predicted octanol–water partition coefficient (Wildman–Crippen LogP) is 2.61. The van der Waals surface area contributed by atoms with Crippen molar-refractivity contribution < 1.29 is 32.6 Å². The zero-order chi connectivity index (χ0) is 24.7. The van der Waals surface area contributed by atoms with Gasteiger partial charge in [-0.1, -0.05) is 6.07 Å². The molecule has 1 saturated heterocycles. The lowest BCUT2D eigenvalue weighted by atomic mass is 9.96. The molecule has 1 aromatic heterocycles. The second kappa shape index (κ2) is 11.4. The molecule has 0 aliphatic carbocycles. The van der Waals surface area contributed by atoms with Gasteiger partial charge in [0.1, 0.15) is 5.82 Å². The minimum absolute atomic E-state index is 0.0273. The van der Waals surface area contributed by atoms with Crippen LogP contribution >= 0.6 is 0 Å². The summed E-state index contributed by atoms with van der Waals surface area (Å²) in [6.07, 6.45) is 2.67. The Morgan fingerprint density at radius 3 is 2.50 bits per heavy atom. The Balaban J connectivity index is 1.46. The first kappa shape index (κ1) is 24.9. The van der Waals surface area contributed by atoms with Crippen LogP contribution in [0, 0.1) is 12.8 Å². The summed E-state index contributed by atoms with van der Waals surface area (Å²) in [4.78, 5) is 43.1. The molecule has 0 radical (unpaired) electrons. The molecule has 0 unspecified atom stereocenters. The summed E-state index contributed by atoms with van der Waals surface area (Å²) in [6, 6.07) is 7.35. The number of aromatic nitrogens is 1. The van der Waals surface area contributed by atoms with Crippen LogP contribution in [0.2, 0.25) is 0 Å². The maximum Gasteiger partial charge on any atom is 0.387 e. The number of nitrogens with one attached hydrogen (secondary N) is 2. The molecule has 0 atom stereocenters. The van der Waals surface area contributed by atoms with Gasteiger partial charge in [-0.05, 0) is 49.6 Å². The van der Waals surface area contributed by atoms with E-state index in [0.29, 0.717) is 31.7 Å². The molecule has 3 amide bonds. The molecule has 0 spiro atoms. The van der Waals surface area contributed by atoms with E-state index in [2.05, 4.69) is 20.4 Å². The molecular formula is C23H26F2N4O5. The topological polar surface area (TPSA) is 110 Å². The van der Waals surface area contributed by atoms with Crippen LogP contribution in [0.4, 0.5) is 14.6 Å². The van der Waals surface area contributed by atoms with Crippen molar-refractivity contribution in [2.75, 3.05) is 32.1 Å². The highest BCUT2D eigenvalue weighted by Crippen LogP contribution is 2.29. The van der Waals surface area contributed by atoms with E-state index >= 15 is 0 Å². The van der Waals surface area contributed by atoms with Crippen molar-refractivity contribution in [3.8, 4) is 11.5 Å². The van der Waals surface area contributed by atoms with Gasteiger partial charge in [-0.3, -0.25) is 14.4 Å². The highest BCUT2D eigenvalue weighted by Gasteiger charge is 2.27. The number of likely N-dealkylation sites (tertiary alicyclic amines) is 1. The first-order valence-electron chi connectivity index (χ1n) is 10.7. The van der Waals surface area contributed by atoms with Gasteiger partial charge < -0.3 is 25.0 Å². The molecule has 2 aromatic rings. The highest BCUT2D eigenvalue weighted by atomic mass is 19.3. The molecule has 9 nitrogen and oxygen atoms in total. The largest absolute Gasteiger partial charge is 0.493 e. The van der Waals surface area contributed by atoms with Gasteiger partial charge in [-0.25, -0.2) is 4.98 Å². The molecule has 2 N–H and O–H groups in total. The third-order valence-corrected chi connectivity index (χ3v) is 5.42. The number of hydrogen-bond acceptors (Lipinski definition) is 6. The molecule has 34 heavy (non-hydrogen) atoms. The Bertz CT molecular complexity index is 1020. The van der Waals surface area contributed by atoms with E-state index in [-0.39, 0.29) is 41.3 Å². The Labute approximate surface area is 195 Å². The fraction of sp³-hybridized carbons (Fsp3) is 0.391. The van der Waals surface area contributed by atoms with Gasteiger partial charge in [0, 0.05) is 30.8 Å². The van der Waals surface area contributed by atoms with Crippen molar-refractivity contribution in [2.24, 2.45) is 5.92 Å². The second-order valence-corrected chi connectivity index (χ2v) is 7.79. The zero-order valence-electron chi connectivity index (χ0n) is 18.8. The quantitative estimate of drug-likeness (QED) is 0.606. The number of piperidine rings is 1. The summed E-state index contributed by atoms with van der Waals surface area (Å²) >= 11 is 0.